The minimum atomic E-state index is -2.24. The lowest BCUT2D eigenvalue weighted by Crippen LogP contribution is -2.56. The molecule has 11 nitrogen and oxygen atoms in total. The highest BCUT2D eigenvalue weighted by Gasteiger charge is 2.88. The summed E-state index contributed by atoms with van der Waals surface area (Å²) in [6.45, 7) is 0.979. The van der Waals surface area contributed by atoms with Crippen LogP contribution in [0.1, 0.15) is 36.6 Å². The van der Waals surface area contributed by atoms with Crippen LogP contribution in [0.5, 0.6) is 5.75 Å². The summed E-state index contributed by atoms with van der Waals surface area (Å²) in [4.78, 5) is 74.4. The molecule has 0 aromatic heterocycles. The van der Waals surface area contributed by atoms with E-state index in [-0.39, 0.29) is 32.6 Å². The van der Waals surface area contributed by atoms with E-state index in [0.29, 0.717) is 15.6 Å². The van der Waals surface area contributed by atoms with Crippen molar-refractivity contribution >= 4 is 105 Å². The zero-order valence-corrected chi connectivity index (χ0v) is 29.2. The third-order valence-corrected chi connectivity index (χ3v) is 12.9. The number of nitro benzene ring substituents is 1. The Bertz CT molecular complexity index is 1960. The van der Waals surface area contributed by atoms with Crippen LogP contribution in [-0.4, -0.2) is 65.0 Å². The van der Waals surface area contributed by atoms with Crippen LogP contribution in [-0.2, 0) is 9.59 Å². The number of imide groups is 1. The Morgan fingerprint density at radius 2 is 1.27 bits per heavy atom. The van der Waals surface area contributed by atoms with Crippen molar-refractivity contribution in [3.63, 3.8) is 0 Å². The SMILES string of the molecule is Cc1ccc(C(=O)Oc2ccc(C(=O)CN(C(=O)c3ccc([N+](=O)[O-])cc3)N3C(=O)[C@H]4[C@H](C3=O)[C@@]3(Cl)C(Cl)=C(Cl)[C@@]4(Cl)C3(Cl)Cl)cc2)cc1. The number of Topliss-reactive ketones (excluding diaryl/α,β-unsaturated/α-hetero) is 1. The highest BCUT2D eigenvalue weighted by atomic mass is 35.5. The van der Waals surface area contributed by atoms with Crippen molar-refractivity contribution in [3.8, 4) is 5.75 Å². The van der Waals surface area contributed by atoms with Gasteiger partial charge >= 0.3 is 5.97 Å². The van der Waals surface area contributed by atoms with Gasteiger partial charge in [-0.1, -0.05) is 64.1 Å². The lowest BCUT2D eigenvalue weighted by Gasteiger charge is -2.36. The number of rotatable bonds is 8. The van der Waals surface area contributed by atoms with E-state index in [1.165, 1.54) is 24.3 Å². The molecule has 17 heteroatoms. The number of hydrogen-bond acceptors (Lipinski definition) is 8. The van der Waals surface area contributed by atoms with Crippen molar-refractivity contribution in [1.82, 2.24) is 10.0 Å². The Kier molecular flexibility index (Phi) is 8.79. The van der Waals surface area contributed by atoms with E-state index >= 15 is 0 Å². The Labute approximate surface area is 307 Å². The number of benzene rings is 3. The van der Waals surface area contributed by atoms with Gasteiger partial charge in [-0.25, -0.2) is 9.80 Å². The van der Waals surface area contributed by atoms with Gasteiger partial charge in [0.05, 0.1) is 32.4 Å². The predicted octanol–water partition coefficient (Wildman–Crippen LogP) is 6.81. The monoisotopic (exact) mass is 783 g/mol. The molecule has 49 heavy (non-hydrogen) atoms. The van der Waals surface area contributed by atoms with Crippen LogP contribution in [0.15, 0.2) is 82.9 Å². The molecule has 0 radical (unpaired) electrons. The highest BCUT2D eigenvalue weighted by Crippen LogP contribution is 2.77. The summed E-state index contributed by atoms with van der Waals surface area (Å²) in [6.07, 6.45) is 0. The lowest BCUT2D eigenvalue weighted by molar-refractivity contribution is -0.384. The molecule has 3 amide bonds. The number of nitrogens with zero attached hydrogens (tertiary/aromatic N) is 3. The second-order valence-corrected chi connectivity index (χ2v) is 14.7. The number of esters is 1. The molecule has 6 rings (SSSR count). The molecule has 2 aliphatic carbocycles. The summed E-state index contributed by atoms with van der Waals surface area (Å²) in [5.74, 6) is -7.73. The quantitative estimate of drug-likeness (QED) is 0.0461. The van der Waals surface area contributed by atoms with Crippen molar-refractivity contribution in [2.45, 2.75) is 21.0 Å². The normalized spacial score (nSPS) is 25.0. The van der Waals surface area contributed by atoms with Crippen LogP contribution in [0.2, 0.25) is 0 Å². The molecule has 252 valence electrons. The fourth-order valence-electron chi connectivity index (χ4n) is 6.12. The summed E-state index contributed by atoms with van der Waals surface area (Å²) >= 11 is 39.5. The number of hydrazine groups is 1. The van der Waals surface area contributed by atoms with Gasteiger partial charge in [0.25, 0.3) is 23.4 Å². The van der Waals surface area contributed by atoms with Gasteiger partial charge in [0, 0.05) is 23.3 Å². The number of ketones is 1. The van der Waals surface area contributed by atoms with Gasteiger partial charge < -0.3 is 4.74 Å². The molecule has 1 aliphatic heterocycles. The summed E-state index contributed by atoms with van der Waals surface area (Å²) in [7, 11) is 0. The van der Waals surface area contributed by atoms with Crippen molar-refractivity contribution in [2.24, 2.45) is 11.8 Å². The van der Waals surface area contributed by atoms with Gasteiger partial charge in [-0.15, -0.1) is 23.2 Å². The smallest absolute Gasteiger partial charge is 0.343 e. The van der Waals surface area contributed by atoms with Gasteiger partial charge in [0.2, 0.25) is 0 Å². The molecule has 0 N–H and O–H groups in total. The molecule has 3 aliphatic rings. The summed E-state index contributed by atoms with van der Waals surface area (Å²) in [5, 5.41) is 11.5. The van der Waals surface area contributed by atoms with Crippen LogP contribution in [0, 0.1) is 28.9 Å². The maximum atomic E-state index is 14.1. The van der Waals surface area contributed by atoms with Crippen molar-refractivity contribution in [3.05, 3.63) is 115 Å². The van der Waals surface area contributed by atoms with Gasteiger partial charge in [0.1, 0.15) is 22.0 Å². The Balaban J connectivity index is 1.32. The lowest BCUT2D eigenvalue weighted by atomic mass is 9.84. The minimum Gasteiger partial charge on any atom is -0.423 e. The minimum absolute atomic E-state index is 0.00640. The molecule has 0 unspecified atom stereocenters. The van der Waals surface area contributed by atoms with Crippen molar-refractivity contribution in [2.75, 3.05) is 6.54 Å². The topological polar surface area (TPSA) is 144 Å². The zero-order valence-electron chi connectivity index (χ0n) is 24.7. The van der Waals surface area contributed by atoms with E-state index in [0.717, 1.165) is 29.8 Å². The number of allylic oxidation sites excluding steroid dienone is 2. The summed E-state index contributed by atoms with van der Waals surface area (Å²) in [6, 6.07) is 16.3. The standard InChI is InChI=1S/C32H19Cl6N3O8/c1-15-2-4-18(5-3-15)29(46)49-20-12-8-16(9-13-20)21(42)14-39(26(43)17-6-10-19(11-7-17)41(47)48)40-27(44)22-23(28(40)45)31(36)25(34)24(33)30(22,35)32(31,37)38/h2-13,22-23H,14H2,1H3/t22-,23-,30-,31-/m1/s1. The van der Waals surface area contributed by atoms with E-state index < -0.39 is 66.9 Å². The molecule has 4 atom stereocenters. The first kappa shape index (κ1) is 35.1. The molecule has 0 spiro atoms. The number of aryl methyl sites for hydroxylation is 1. The molecule has 3 aromatic carbocycles. The van der Waals surface area contributed by atoms with Crippen LogP contribution < -0.4 is 4.74 Å². The fourth-order valence-corrected chi connectivity index (χ4v) is 9.05. The molecule has 2 fully saturated rings. The first-order valence-corrected chi connectivity index (χ1v) is 16.4. The van der Waals surface area contributed by atoms with E-state index in [2.05, 4.69) is 0 Å². The second kappa shape index (κ2) is 12.3. The van der Waals surface area contributed by atoms with Crippen LogP contribution in [0.25, 0.3) is 0 Å². The van der Waals surface area contributed by atoms with Crippen LogP contribution in [0.4, 0.5) is 5.69 Å². The van der Waals surface area contributed by atoms with Crippen LogP contribution in [0.3, 0.4) is 0 Å². The van der Waals surface area contributed by atoms with E-state index in [1.54, 1.807) is 24.3 Å². The number of amides is 3. The molecule has 1 saturated carbocycles. The largest absolute Gasteiger partial charge is 0.423 e. The molecule has 3 aromatic rings. The summed E-state index contributed by atoms with van der Waals surface area (Å²) in [5.41, 5.74) is 0.711. The molecule has 1 saturated heterocycles. The number of carbonyl (C=O) groups excluding carboxylic acids is 5. The number of ether oxygens (including phenoxy) is 1. The maximum Gasteiger partial charge on any atom is 0.343 e. The molecular formula is C32H19Cl6N3O8. The Morgan fingerprint density at radius 3 is 1.76 bits per heavy atom. The molecule has 2 bridgehead atoms. The van der Waals surface area contributed by atoms with Gasteiger partial charge in [-0.2, -0.15) is 5.01 Å². The highest BCUT2D eigenvalue weighted by molar-refractivity contribution is 6.66. The third kappa shape index (κ3) is 5.13. The number of fused-ring (bicyclic) bond motifs is 5. The number of alkyl halides is 4. The Hall–Kier alpha value is -3.71. The first-order chi connectivity index (χ1) is 23.0. The average Bonchev–Trinajstić information content (AvgIpc) is 3.46. The molecular weight excluding hydrogens is 767 g/mol. The zero-order chi connectivity index (χ0) is 35.8. The number of halogens is 6. The maximum absolute atomic E-state index is 14.1. The van der Waals surface area contributed by atoms with Crippen LogP contribution >= 0.6 is 69.6 Å². The van der Waals surface area contributed by atoms with E-state index in [9.17, 15) is 34.1 Å². The van der Waals surface area contributed by atoms with E-state index in [1.807, 2.05) is 6.92 Å². The third-order valence-electron chi connectivity index (χ3n) is 8.65. The average molecular weight is 786 g/mol. The molecule has 1 heterocycles. The first-order valence-electron chi connectivity index (χ1n) is 14.1. The van der Waals surface area contributed by atoms with E-state index in [4.69, 9.17) is 74.3 Å². The number of nitro groups is 1. The van der Waals surface area contributed by atoms with Crippen molar-refractivity contribution in [1.29, 1.82) is 0 Å². The van der Waals surface area contributed by atoms with Gasteiger partial charge in [0.15, 0.2) is 10.1 Å². The number of carbonyl (C=O) groups is 5. The number of non-ortho nitro benzene ring substituents is 1. The Morgan fingerprint density at radius 1 is 0.796 bits per heavy atom. The number of hydrogen-bond donors (Lipinski definition) is 0. The summed E-state index contributed by atoms with van der Waals surface area (Å²) < 4.78 is 3.14. The predicted molar refractivity (Wildman–Crippen MR) is 180 cm³/mol. The fraction of sp³-hybridized carbons (Fsp3) is 0.219. The van der Waals surface area contributed by atoms with Gasteiger partial charge in [-0.3, -0.25) is 29.3 Å². The second-order valence-electron chi connectivity index (χ2n) is 11.4. The van der Waals surface area contributed by atoms with Gasteiger partial charge in [-0.05, 0) is 55.5 Å². The van der Waals surface area contributed by atoms with Crippen molar-refractivity contribution < 1.29 is 33.6 Å².